The number of hydrogen-bond donors (Lipinski definition) is 1. The first kappa shape index (κ1) is 16.4. The lowest BCUT2D eigenvalue weighted by Crippen LogP contribution is -2.29. The van der Waals surface area contributed by atoms with E-state index in [1.54, 1.807) is 4.52 Å². The fourth-order valence-electron chi connectivity index (χ4n) is 2.83. The molecule has 0 bridgehead atoms. The Morgan fingerprint density at radius 1 is 1.25 bits per heavy atom. The molecule has 0 radical (unpaired) electrons. The van der Waals surface area contributed by atoms with Crippen LogP contribution in [0.2, 0.25) is 0 Å². The number of sulfonamides is 1. The van der Waals surface area contributed by atoms with E-state index in [1.807, 2.05) is 42.8 Å². The third-order valence-electron chi connectivity index (χ3n) is 3.92. The van der Waals surface area contributed by atoms with E-state index in [0.29, 0.717) is 6.42 Å². The summed E-state index contributed by atoms with van der Waals surface area (Å²) in [6, 6.07) is 7.77. The van der Waals surface area contributed by atoms with Crippen molar-refractivity contribution in [1.29, 1.82) is 0 Å². The van der Waals surface area contributed by atoms with Crippen LogP contribution in [0.4, 0.5) is 0 Å². The second-order valence-corrected chi connectivity index (χ2v) is 7.56. The predicted molar refractivity (Wildman–Crippen MR) is 91.3 cm³/mol. The smallest absolute Gasteiger partial charge is 0.233 e. The number of aromatic nitrogens is 3. The van der Waals surface area contributed by atoms with Crippen LogP contribution in [0.1, 0.15) is 23.4 Å². The molecule has 0 atom stereocenters. The predicted octanol–water partition coefficient (Wildman–Crippen LogP) is 1.51. The first-order valence-electron chi connectivity index (χ1n) is 7.50. The Bertz CT molecular complexity index is 1050. The highest BCUT2D eigenvalue weighted by molar-refractivity contribution is 7.89. The third kappa shape index (κ3) is 3.09. The van der Waals surface area contributed by atoms with Gasteiger partial charge in [0, 0.05) is 23.2 Å². The van der Waals surface area contributed by atoms with Gasteiger partial charge in [-0.2, -0.15) is 5.10 Å². The van der Waals surface area contributed by atoms with E-state index in [-0.39, 0.29) is 6.42 Å². The van der Waals surface area contributed by atoms with Crippen LogP contribution in [0, 0.1) is 13.8 Å². The van der Waals surface area contributed by atoms with Gasteiger partial charge in [-0.1, -0.05) is 12.1 Å². The van der Waals surface area contributed by atoms with Crippen molar-refractivity contribution in [2.75, 3.05) is 6.26 Å². The minimum atomic E-state index is -3.53. The second kappa shape index (κ2) is 5.86. The zero-order chi connectivity index (χ0) is 17.5. The molecule has 0 aliphatic heterocycles. The fraction of sp³-hybridized carbons (Fsp3) is 0.312. The van der Waals surface area contributed by atoms with Crippen LogP contribution < -0.4 is 4.72 Å². The Kier molecular flexibility index (Phi) is 4.00. The van der Waals surface area contributed by atoms with Gasteiger partial charge in [0.2, 0.25) is 15.9 Å². The third-order valence-corrected chi connectivity index (χ3v) is 4.52. The summed E-state index contributed by atoms with van der Waals surface area (Å²) in [5.41, 5.74) is 4.27. The number of fused-ring (bicyclic) bond motifs is 3. The minimum absolute atomic E-state index is 0.0721. The highest BCUT2D eigenvalue weighted by Crippen LogP contribution is 2.22. The van der Waals surface area contributed by atoms with E-state index in [9.17, 15) is 13.2 Å². The van der Waals surface area contributed by atoms with Gasteiger partial charge in [-0.05, 0) is 38.0 Å². The number of carbonyl (C=O) groups is 1. The van der Waals surface area contributed by atoms with Gasteiger partial charge in [-0.15, -0.1) is 0 Å². The van der Waals surface area contributed by atoms with E-state index in [1.165, 1.54) is 0 Å². The molecule has 126 valence electrons. The zero-order valence-electron chi connectivity index (χ0n) is 13.7. The Morgan fingerprint density at radius 2 is 1.96 bits per heavy atom. The molecule has 1 aromatic carbocycles. The van der Waals surface area contributed by atoms with Crippen LogP contribution >= 0.6 is 0 Å². The number of rotatable bonds is 4. The molecule has 3 rings (SSSR count). The summed E-state index contributed by atoms with van der Waals surface area (Å²) in [4.78, 5) is 16.4. The summed E-state index contributed by atoms with van der Waals surface area (Å²) < 4.78 is 26.0. The lowest BCUT2D eigenvalue weighted by molar-refractivity contribution is -0.119. The van der Waals surface area contributed by atoms with Crippen LogP contribution in [-0.2, 0) is 21.2 Å². The number of carbonyl (C=O) groups excluding carboxylic acids is 1. The summed E-state index contributed by atoms with van der Waals surface area (Å²) in [6.45, 7) is 3.82. The SMILES string of the molecule is Cc1nc2c3ccccc3nn2c(C)c1CCC(=O)NS(C)(=O)=O. The summed E-state index contributed by atoms with van der Waals surface area (Å²) >= 11 is 0. The monoisotopic (exact) mass is 346 g/mol. The molecule has 2 heterocycles. The van der Waals surface area contributed by atoms with Crippen molar-refractivity contribution in [2.24, 2.45) is 0 Å². The van der Waals surface area contributed by atoms with Crippen molar-refractivity contribution in [1.82, 2.24) is 19.3 Å². The van der Waals surface area contributed by atoms with Crippen LogP contribution in [0.25, 0.3) is 16.6 Å². The number of hydrogen-bond acceptors (Lipinski definition) is 5. The number of nitrogens with zero attached hydrogens (tertiary/aromatic N) is 3. The molecule has 24 heavy (non-hydrogen) atoms. The molecule has 0 spiro atoms. The van der Waals surface area contributed by atoms with Gasteiger partial charge < -0.3 is 0 Å². The van der Waals surface area contributed by atoms with Gasteiger partial charge >= 0.3 is 0 Å². The Hall–Kier alpha value is -2.48. The van der Waals surface area contributed by atoms with Gasteiger partial charge in [0.05, 0.1) is 11.8 Å². The molecule has 0 saturated carbocycles. The maximum atomic E-state index is 11.7. The molecule has 1 amide bonds. The topological polar surface area (TPSA) is 93.4 Å². The average molecular weight is 346 g/mol. The van der Waals surface area contributed by atoms with Crippen molar-refractivity contribution in [2.45, 2.75) is 26.7 Å². The Morgan fingerprint density at radius 3 is 2.67 bits per heavy atom. The van der Waals surface area contributed by atoms with Gasteiger partial charge in [0.15, 0.2) is 5.65 Å². The van der Waals surface area contributed by atoms with Crippen LogP contribution in [0.5, 0.6) is 0 Å². The molecule has 8 heteroatoms. The maximum absolute atomic E-state index is 11.7. The zero-order valence-corrected chi connectivity index (χ0v) is 14.5. The summed E-state index contributed by atoms with van der Waals surface area (Å²) in [5, 5.41) is 5.54. The lowest BCUT2D eigenvalue weighted by atomic mass is 10.1. The van der Waals surface area contributed by atoms with E-state index < -0.39 is 15.9 Å². The number of benzene rings is 1. The summed E-state index contributed by atoms with van der Waals surface area (Å²) in [5.74, 6) is -0.526. The first-order valence-corrected chi connectivity index (χ1v) is 9.39. The molecule has 2 aromatic heterocycles. The number of amides is 1. The second-order valence-electron chi connectivity index (χ2n) is 5.81. The molecule has 1 N–H and O–H groups in total. The summed E-state index contributed by atoms with van der Waals surface area (Å²) in [6.07, 6.45) is 1.44. The van der Waals surface area contributed by atoms with Crippen molar-refractivity contribution in [3.8, 4) is 0 Å². The van der Waals surface area contributed by atoms with Crippen molar-refractivity contribution in [3.63, 3.8) is 0 Å². The largest absolute Gasteiger partial charge is 0.274 e. The highest BCUT2D eigenvalue weighted by Gasteiger charge is 2.15. The van der Waals surface area contributed by atoms with Gasteiger partial charge in [0.1, 0.15) is 0 Å². The van der Waals surface area contributed by atoms with Gasteiger partial charge in [-0.3, -0.25) is 9.52 Å². The van der Waals surface area contributed by atoms with Crippen molar-refractivity contribution < 1.29 is 13.2 Å². The Balaban J connectivity index is 1.97. The molecule has 0 fully saturated rings. The first-order chi connectivity index (χ1) is 11.3. The van der Waals surface area contributed by atoms with Gasteiger partial charge in [-0.25, -0.2) is 17.9 Å². The molecular formula is C16H18N4O3S. The van der Waals surface area contributed by atoms with E-state index in [2.05, 4.69) is 10.1 Å². The van der Waals surface area contributed by atoms with Crippen LogP contribution in [0.3, 0.4) is 0 Å². The minimum Gasteiger partial charge on any atom is -0.274 e. The Labute approximate surface area is 139 Å². The van der Waals surface area contributed by atoms with Crippen molar-refractivity contribution in [3.05, 3.63) is 41.2 Å². The lowest BCUT2D eigenvalue weighted by Gasteiger charge is -2.11. The normalized spacial score (nSPS) is 12.0. The molecule has 0 unspecified atom stereocenters. The number of nitrogens with one attached hydrogen (secondary N) is 1. The fourth-order valence-corrected chi connectivity index (χ4v) is 3.35. The van der Waals surface area contributed by atoms with E-state index in [4.69, 9.17) is 0 Å². The number of aryl methyl sites for hydroxylation is 2. The average Bonchev–Trinajstić information content (AvgIpc) is 2.84. The molecule has 0 aliphatic carbocycles. The highest BCUT2D eigenvalue weighted by atomic mass is 32.2. The quantitative estimate of drug-likeness (QED) is 0.773. The molecule has 3 aromatic rings. The standard InChI is InChI=1S/C16H18N4O3S/c1-10-12(8-9-15(21)19-24(3,22)23)11(2)20-16(17-10)13-6-4-5-7-14(13)18-20/h4-7H,8-9H2,1-3H3,(H,19,21). The molecule has 0 aliphatic rings. The van der Waals surface area contributed by atoms with Crippen molar-refractivity contribution >= 4 is 32.5 Å². The summed E-state index contributed by atoms with van der Waals surface area (Å²) in [7, 11) is -3.53. The van der Waals surface area contributed by atoms with E-state index >= 15 is 0 Å². The molecule has 7 nitrogen and oxygen atoms in total. The van der Waals surface area contributed by atoms with Crippen LogP contribution in [0.15, 0.2) is 24.3 Å². The van der Waals surface area contributed by atoms with Gasteiger partial charge in [0.25, 0.3) is 0 Å². The molecular weight excluding hydrogens is 328 g/mol. The van der Waals surface area contributed by atoms with Crippen LogP contribution in [-0.4, -0.2) is 35.2 Å². The van der Waals surface area contributed by atoms with E-state index in [0.717, 1.165) is 39.8 Å². The molecule has 0 saturated heterocycles. The maximum Gasteiger partial charge on any atom is 0.233 e.